The SMILES string of the molecule is O=C(NCc1ccco1)Nc1ccc(NC(=O)c2ccc[nH]c2=O)cc1. The second kappa shape index (κ2) is 7.84. The minimum absolute atomic E-state index is 0.0204. The van der Waals surface area contributed by atoms with Crippen LogP contribution in [-0.2, 0) is 6.54 Å². The monoisotopic (exact) mass is 352 g/mol. The van der Waals surface area contributed by atoms with Crippen LogP contribution in [0.15, 0.2) is 70.2 Å². The Morgan fingerprint density at radius 1 is 0.962 bits per heavy atom. The molecule has 4 N–H and O–H groups in total. The minimum Gasteiger partial charge on any atom is -0.467 e. The molecule has 8 heteroatoms. The Bertz CT molecular complexity index is 946. The van der Waals surface area contributed by atoms with Gasteiger partial charge in [0.05, 0.1) is 12.8 Å². The second-order valence-electron chi connectivity index (χ2n) is 5.33. The molecule has 3 aromatic rings. The van der Waals surface area contributed by atoms with E-state index >= 15 is 0 Å². The summed E-state index contributed by atoms with van der Waals surface area (Å²) in [7, 11) is 0. The average Bonchev–Trinajstić information content (AvgIpc) is 3.15. The molecule has 0 radical (unpaired) electrons. The Hall–Kier alpha value is -3.81. The van der Waals surface area contributed by atoms with Gasteiger partial charge in [0.15, 0.2) is 0 Å². The highest BCUT2D eigenvalue weighted by molar-refractivity contribution is 6.04. The summed E-state index contributed by atoms with van der Waals surface area (Å²) in [4.78, 5) is 37.9. The number of pyridine rings is 1. The van der Waals surface area contributed by atoms with Gasteiger partial charge in [0, 0.05) is 17.6 Å². The van der Waals surface area contributed by atoms with Gasteiger partial charge in [0.1, 0.15) is 11.3 Å². The van der Waals surface area contributed by atoms with E-state index in [1.807, 2.05) is 0 Å². The first-order valence-corrected chi connectivity index (χ1v) is 7.78. The molecular weight excluding hydrogens is 336 g/mol. The van der Waals surface area contributed by atoms with Gasteiger partial charge in [-0.3, -0.25) is 9.59 Å². The zero-order valence-corrected chi connectivity index (χ0v) is 13.6. The number of furan rings is 1. The second-order valence-corrected chi connectivity index (χ2v) is 5.33. The Morgan fingerprint density at radius 2 is 1.69 bits per heavy atom. The molecule has 26 heavy (non-hydrogen) atoms. The molecule has 0 aliphatic rings. The maximum Gasteiger partial charge on any atom is 0.319 e. The van der Waals surface area contributed by atoms with Gasteiger partial charge < -0.3 is 25.4 Å². The Morgan fingerprint density at radius 3 is 2.35 bits per heavy atom. The fourth-order valence-corrected chi connectivity index (χ4v) is 2.19. The van der Waals surface area contributed by atoms with Crippen molar-refractivity contribution < 1.29 is 14.0 Å². The quantitative estimate of drug-likeness (QED) is 0.564. The van der Waals surface area contributed by atoms with Crippen molar-refractivity contribution in [2.75, 3.05) is 10.6 Å². The number of benzene rings is 1. The first kappa shape index (κ1) is 17.0. The number of hydrogen-bond acceptors (Lipinski definition) is 4. The van der Waals surface area contributed by atoms with Crippen LogP contribution in [-0.4, -0.2) is 16.9 Å². The normalized spacial score (nSPS) is 10.2. The van der Waals surface area contributed by atoms with Gasteiger partial charge in [0.25, 0.3) is 11.5 Å². The molecule has 0 aliphatic carbocycles. The number of rotatable bonds is 5. The maximum absolute atomic E-state index is 12.1. The summed E-state index contributed by atoms with van der Waals surface area (Å²) in [5, 5.41) is 7.95. The molecule has 0 aliphatic heterocycles. The summed E-state index contributed by atoms with van der Waals surface area (Å²) < 4.78 is 5.12. The molecule has 132 valence electrons. The summed E-state index contributed by atoms with van der Waals surface area (Å²) >= 11 is 0. The lowest BCUT2D eigenvalue weighted by Crippen LogP contribution is -2.28. The molecule has 0 saturated carbocycles. The van der Waals surface area contributed by atoms with Gasteiger partial charge in [-0.25, -0.2) is 4.79 Å². The van der Waals surface area contributed by atoms with Crippen LogP contribution in [0.5, 0.6) is 0 Å². The lowest BCUT2D eigenvalue weighted by Gasteiger charge is -2.08. The van der Waals surface area contributed by atoms with Gasteiger partial charge in [0.2, 0.25) is 0 Å². The molecule has 0 fully saturated rings. The lowest BCUT2D eigenvalue weighted by molar-refractivity contribution is 0.102. The van der Waals surface area contributed by atoms with Crippen LogP contribution in [0.4, 0.5) is 16.2 Å². The van der Waals surface area contributed by atoms with E-state index in [1.165, 1.54) is 18.5 Å². The van der Waals surface area contributed by atoms with Gasteiger partial charge in [-0.05, 0) is 48.5 Å². The molecule has 0 unspecified atom stereocenters. The highest BCUT2D eigenvalue weighted by Crippen LogP contribution is 2.14. The Labute approximate surface area is 148 Å². The molecule has 1 aromatic carbocycles. The van der Waals surface area contributed by atoms with Crippen molar-refractivity contribution in [1.29, 1.82) is 0 Å². The van der Waals surface area contributed by atoms with E-state index in [0.717, 1.165) is 0 Å². The van der Waals surface area contributed by atoms with E-state index in [1.54, 1.807) is 42.5 Å². The van der Waals surface area contributed by atoms with Crippen LogP contribution in [0.2, 0.25) is 0 Å². The molecule has 3 rings (SSSR count). The lowest BCUT2D eigenvalue weighted by atomic mass is 10.2. The van der Waals surface area contributed by atoms with Gasteiger partial charge in [-0.2, -0.15) is 0 Å². The van der Waals surface area contributed by atoms with Crippen molar-refractivity contribution in [3.8, 4) is 0 Å². The molecule has 2 aromatic heterocycles. The van der Waals surface area contributed by atoms with E-state index < -0.39 is 11.5 Å². The molecule has 0 atom stereocenters. The highest BCUT2D eigenvalue weighted by Gasteiger charge is 2.10. The number of hydrogen-bond donors (Lipinski definition) is 4. The Balaban J connectivity index is 1.54. The molecule has 0 bridgehead atoms. The predicted octanol–water partition coefficient (Wildman–Crippen LogP) is 2.54. The fourth-order valence-electron chi connectivity index (χ4n) is 2.19. The van der Waals surface area contributed by atoms with Crippen molar-refractivity contribution in [2.24, 2.45) is 0 Å². The van der Waals surface area contributed by atoms with Crippen LogP contribution in [0.3, 0.4) is 0 Å². The van der Waals surface area contributed by atoms with E-state index in [9.17, 15) is 14.4 Å². The number of aromatic nitrogens is 1. The number of carbonyl (C=O) groups excluding carboxylic acids is 2. The number of nitrogens with one attached hydrogen (secondary N) is 4. The first-order valence-electron chi connectivity index (χ1n) is 7.78. The molecule has 2 heterocycles. The number of aromatic amines is 1. The number of amides is 3. The topological polar surface area (TPSA) is 116 Å². The predicted molar refractivity (Wildman–Crippen MR) is 96.0 cm³/mol. The zero-order valence-electron chi connectivity index (χ0n) is 13.6. The van der Waals surface area contributed by atoms with Crippen molar-refractivity contribution in [3.63, 3.8) is 0 Å². The van der Waals surface area contributed by atoms with E-state index in [0.29, 0.717) is 17.1 Å². The minimum atomic E-state index is -0.510. The number of carbonyl (C=O) groups is 2. The van der Waals surface area contributed by atoms with Crippen LogP contribution >= 0.6 is 0 Å². The molecular formula is C18H16N4O4. The smallest absolute Gasteiger partial charge is 0.319 e. The average molecular weight is 352 g/mol. The van der Waals surface area contributed by atoms with Crippen molar-refractivity contribution >= 4 is 23.3 Å². The summed E-state index contributed by atoms with van der Waals surface area (Å²) in [6, 6.07) is 12.6. The van der Waals surface area contributed by atoms with Crippen LogP contribution in [0.25, 0.3) is 0 Å². The maximum atomic E-state index is 12.1. The highest BCUT2D eigenvalue weighted by atomic mass is 16.3. The third-order valence-corrected chi connectivity index (χ3v) is 3.47. The number of urea groups is 1. The zero-order chi connectivity index (χ0) is 18.4. The molecule has 8 nitrogen and oxygen atoms in total. The molecule has 0 spiro atoms. The Kier molecular flexibility index (Phi) is 5.14. The third-order valence-electron chi connectivity index (χ3n) is 3.47. The van der Waals surface area contributed by atoms with Crippen LogP contribution < -0.4 is 21.5 Å². The molecule has 3 amide bonds. The van der Waals surface area contributed by atoms with Crippen molar-refractivity contribution in [1.82, 2.24) is 10.3 Å². The van der Waals surface area contributed by atoms with Gasteiger partial charge in [-0.1, -0.05) is 0 Å². The van der Waals surface area contributed by atoms with Gasteiger partial charge >= 0.3 is 6.03 Å². The summed E-state index contributed by atoms with van der Waals surface area (Å²) in [5.74, 6) is 0.137. The van der Waals surface area contributed by atoms with E-state index in [2.05, 4.69) is 20.9 Å². The summed E-state index contributed by atoms with van der Waals surface area (Å²) in [6.07, 6.45) is 2.99. The third kappa shape index (κ3) is 4.38. The standard InChI is InChI=1S/C18H16N4O4/c23-16-15(4-1-9-19-16)17(24)21-12-5-7-13(8-6-12)22-18(25)20-11-14-3-2-10-26-14/h1-10H,11H2,(H,19,23)(H,21,24)(H2,20,22,25). The fraction of sp³-hybridized carbons (Fsp3) is 0.0556. The molecule has 0 saturated heterocycles. The van der Waals surface area contributed by atoms with Crippen LogP contribution in [0.1, 0.15) is 16.1 Å². The largest absolute Gasteiger partial charge is 0.467 e. The number of anilines is 2. The summed E-state index contributed by atoms with van der Waals surface area (Å²) in [5.41, 5.74) is 0.612. The van der Waals surface area contributed by atoms with E-state index in [4.69, 9.17) is 4.42 Å². The van der Waals surface area contributed by atoms with E-state index in [-0.39, 0.29) is 18.1 Å². The van der Waals surface area contributed by atoms with Crippen LogP contribution in [0, 0.1) is 0 Å². The van der Waals surface area contributed by atoms with Crippen molar-refractivity contribution in [2.45, 2.75) is 6.54 Å². The first-order chi connectivity index (χ1) is 12.6. The number of H-pyrrole nitrogens is 1. The summed E-state index contributed by atoms with van der Waals surface area (Å²) in [6.45, 7) is 0.276. The van der Waals surface area contributed by atoms with Crippen molar-refractivity contribution in [3.05, 3.63) is 82.7 Å². The van der Waals surface area contributed by atoms with Gasteiger partial charge in [-0.15, -0.1) is 0 Å².